The number of hydrogen-bond acceptors (Lipinski definition) is 5. The number of phenolic OH excluding ortho intramolecular Hbond substituents is 1. The standard InChI is InChI=1S/C37H44N2O4/c1-4-39(33(41)16-13-28-12-8-9-26(2)23-28)30-17-19-37(42)32-24-29-14-15-31(40)35(43-3)34(29)36(37,25-30)20-22-38(32)21-18-27-10-6-5-7-11-27/h5-16,23,30,32,40,42H,4,17-22,24-25H2,1-3H3/b16-13+/t30?,32-,36-,37-/m1/s1. The van der Waals surface area contributed by atoms with E-state index >= 15 is 0 Å². The minimum absolute atomic E-state index is 0.00778. The minimum atomic E-state index is -0.994. The van der Waals surface area contributed by atoms with Gasteiger partial charge in [0.25, 0.3) is 0 Å². The summed E-state index contributed by atoms with van der Waals surface area (Å²) in [5.74, 6) is 0.572. The van der Waals surface area contributed by atoms with Gasteiger partial charge in [0.05, 0.1) is 12.7 Å². The monoisotopic (exact) mass is 580 g/mol. The van der Waals surface area contributed by atoms with Crippen LogP contribution in [0, 0.1) is 6.92 Å². The van der Waals surface area contributed by atoms with Crippen LogP contribution in [-0.4, -0.2) is 70.3 Å². The number of fused-ring (bicyclic) bond motifs is 1. The van der Waals surface area contributed by atoms with Gasteiger partial charge in [0.2, 0.25) is 5.91 Å². The number of aliphatic hydroxyl groups is 1. The topological polar surface area (TPSA) is 73.2 Å². The smallest absolute Gasteiger partial charge is 0.246 e. The number of aryl methyl sites for hydroxylation is 1. The molecule has 1 heterocycles. The fourth-order valence-electron chi connectivity index (χ4n) is 8.45. The molecule has 1 unspecified atom stereocenters. The largest absolute Gasteiger partial charge is 0.504 e. The highest BCUT2D eigenvalue weighted by Gasteiger charge is 2.66. The van der Waals surface area contributed by atoms with Crippen molar-refractivity contribution in [1.29, 1.82) is 0 Å². The number of amides is 1. The number of likely N-dealkylation sites (tertiary alicyclic amines) is 1. The van der Waals surface area contributed by atoms with Gasteiger partial charge in [0.1, 0.15) is 0 Å². The van der Waals surface area contributed by atoms with Crippen molar-refractivity contribution in [1.82, 2.24) is 9.80 Å². The van der Waals surface area contributed by atoms with E-state index in [1.54, 1.807) is 19.3 Å². The van der Waals surface area contributed by atoms with Gasteiger partial charge in [-0.2, -0.15) is 0 Å². The molecule has 2 bridgehead atoms. The molecule has 43 heavy (non-hydrogen) atoms. The second kappa shape index (κ2) is 11.8. The van der Waals surface area contributed by atoms with E-state index in [1.807, 2.05) is 55.2 Å². The molecule has 0 radical (unpaired) electrons. The average molecular weight is 581 g/mol. The Bertz CT molecular complexity index is 1500. The molecule has 1 saturated heterocycles. The third kappa shape index (κ3) is 5.15. The zero-order valence-corrected chi connectivity index (χ0v) is 25.6. The molecular formula is C37H44N2O4. The SMILES string of the molecule is CCN(C(=O)/C=C/c1cccc(C)c1)C1CC[C@@]2(O)[C@H]3Cc4ccc(O)c(OC)c4[C@@]2(CCN3CCc2ccccc2)C1. The molecule has 6 nitrogen and oxygen atoms in total. The molecule has 226 valence electrons. The van der Waals surface area contributed by atoms with Crippen molar-refractivity contribution < 1.29 is 19.7 Å². The number of rotatable bonds is 8. The quantitative estimate of drug-likeness (QED) is 0.336. The molecule has 2 aliphatic carbocycles. The first-order valence-electron chi connectivity index (χ1n) is 15.7. The van der Waals surface area contributed by atoms with Crippen molar-refractivity contribution in [2.45, 2.75) is 75.5 Å². The van der Waals surface area contributed by atoms with Crippen molar-refractivity contribution in [2.24, 2.45) is 0 Å². The summed E-state index contributed by atoms with van der Waals surface area (Å²) in [6, 6.07) is 22.3. The van der Waals surface area contributed by atoms with Crippen molar-refractivity contribution in [2.75, 3.05) is 26.7 Å². The number of carbonyl (C=O) groups excluding carboxylic acids is 1. The van der Waals surface area contributed by atoms with Crippen LogP contribution < -0.4 is 4.74 Å². The van der Waals surface area contributed by atoms with Crippen LogP contribution >= 0.6 is 0 Å². The summed E-state index contributed by atoms with van der Waals surface area (Å²) >= 11 is 0. The Labute approximate surface area is 255 Å². The summed E-state index contributed by atoms with van der Waals surface area (Å²) in [6.07, 6.45) is 7.92. The number of ether oxygens (including phenoxy) is 1. The molecule has 3 aromatic carbocycles. The Morgan fingerprint density at radius 2 is 1.93 bits per heavy atom. The Morgan fingerprint density at radius 1 is 1.12 bits per heavy atom. The lowest BCUT2D eigenvalue weighted by atomic mass is 9.48. The molecule has 3 aliphatic rings. The fraction of sp³-hybridized carbons (Fsp3) is 0.432. The first-order chi connectivity index (χ1) is 20.8. The summed E-state index contributed by atoms with van der Waals surface area (Å²) in [5.41, 5.74) is 3.91. The van der Waals surface area contributed by atoms with Gasteiger partial charge in [-0.25, -0.2) is 0 Å². The van der Waals surface area contributed by atoms with E-state index in [-0.39, 0.29) is 23.7 Å². The molecule has 2 N–H and O–H groups in total. The van der Waals surface area contributed by atoms with Crippen LogP contribution in [0.2, 0.25) is 0 Å². The average Bonchev–Trinajstić information content (AvgIpc) is 3.01. The maximum Gasteiger partial charge on any atom is 0.246 e. The van der Waals surface area contributed by atoms with Gasteiger partial charge in [-0.05, 0) is 87.7 Å². The molecular weight excluding hydrogens is 536 g/mol. The lowest BCUT2D eigenvalue weighted by molar-refractivity contribution is -0.178. The van der Waals surface area contributed by atoms with E-state index in [0.717, 1.165) is 54.6 Å². The number of phenols is 1. The number of hydrogen-bond donors (Lipinski definition) is 2. The number of nitrogens with zero attached hydrogens (tertiary/aromatic N) is 2. The van der Waals surface area contributed by atoms with E-state index < -0.39 is 11.0 Å². The first kappa shape index (κ1) is 29.5. The van der Waals surface area contributed by atoms with Gasteiger partial charge in [0.15, 0.2) is 11.5 Å². The Morgan fingerprint density at radius 3 is 2.67 bits per heavy atom. The molecule has 1 amide bonds. The number of methoxy groups -OCH3 is 1. The first-order valence-corrected chi connectivity index (χ1v) is 15.7. The van der Waals surface area contributed by atoms with Crippen LogP contribution in [0.5, 0.6) is 11.5 Å². The second-order valence-corrected chi connectivity index (χ2v) is 12.7. The van der Waals surface area contributed by atoms with Gasteiger partial charge >= 0.3 is 0 Å². The van der Waals surface area contributed by atoms with E-state index in [1.165, 1.54) is 5.56 Å². The fourth-order valence-corrected chi connectivity index (χ4v) is 8.45. The minimum Gasteiger partial charge on any atom is -0.504 e. The highest BCUT2D eigenvalue weighted by atomic mass is 16.5. The van der Waals surface area contributed by atoms with Crippen LogP contribution in [0.1, 0.15) is 60.4 Å². The van der Waals surface area contributed by atoms with Gasteiger partial charge < -0.3 is 19.8 Å². The van der Waals surface area contributed by atoms with Crippen molar-refractivity contribution in [3.63, 3.8) is 0 Å². The zero-order chi connectivity index (χ0) is 30.2. The summed E-state index contributed by atoms with van der Waals surface area (Å²) < 4.78 is 5.86. The number of aromatic hydroxyl groups is 1. The number of piperidine rings is 1. The predicted molar refractivity (Wildman–Crippen MR) is 170 cm³/mol. The number of carbonyl (C=O) groups is 1. The molecule has 6 heteroatoms. The van der Waals surface area contributed by atoms with Gasteiger partial charge in [-0.3, -0.25) is 9.69 Å². The highest BCUT2D eigenvalue weighted by Crippen LogP contribution is 2.61. The normalized spacial score (nSPS) is 26.5. The lowest BCUT2D eigenvalue weighted by Crippen LogP contribution is -2.74. The summed E-state index contributed by atoms with van der Waals surface area (Å²) in [4.78, 5) is 18.1. The summed E-state index contributed by atoms with van der Waals surface area (Å²) in [5, 5.41) is 23.8. The Hall–Kier alpha value is -3.61. The van der Waals surface area contributed by atoms with E-state index in [0.29, 0.717) is 31.6 Å². The van der Waals surface area contributed by atoms with Crippen molar-refractivity contribution in [3.8, 4) is 11.5 Å². The summed E-state index contributed by atoms with van der Waals surface area (Å²) in [7, 11) is 1.60. The third-order valence-electron chi connectivity index (χ3n) is 10.5. The number of likely N-dealkylation sites (N-methyl/N-ethyl adjacent to an activating group) is 1. The maximum absolute atomic E-state index is 13.6. The second-order valence-electron chi connectivity index (χ2n) is 12.7. The molecule has 0 aromatic heterocycles. The van der Waals surface area contributed by atoms with Crippen LogP contribution in [-0.2, 0) is 23.1 Å². The van der Waals surface area contributed by atoms with Crippen LogP contribution in [0.15, 0.2) is 72.8 Å². The molecule has 1 aliphatic heterocycles. The van der Waals surface area contributed by atoms with Gasteiger partial charge in [0, 0.05) is 42.2 Å². The predicted octanol–water partition coefficient (Wildman–Crippen LogP) is 5.67. The molecule has 1 saturated carbocycles. The molecule has 0 spiro atoms. The zero-order valence-electron chi connectivity index (χ0n) is 25.6. The van der Waals surface area contributed by atoms with Crippen molar-refractivity contribution in [3.05, 3.63) is 101 Å². The Balaban J connectivity index is 1.34. The maximum atomic E-state index is 13.6. The highest BCUT2D eigenvalue weighted by molar-refractivity contribution is 5.92. The van der Waals surface area contributed by atoms with Crippen LogP contribution in [0.25, 0.3) is 6.08 Å². The van der Waals surface area contributed by atoms with Crippen LogP contribution in [0.3, 0.4) is 0 Å². The van der Waals surface area contributed by atoms with Gasteiger partial charge in [-0.15, -0.1) is 0 Å². The van der Waals surface area contributed by atoms with E-state index in [2.05, 4.69) is 35.2 Å². The Kier molecular flexibility index (Phi) is 8.10. The molecule has 2 fully saturated rings. The molecule has 4 atom stereocenters. The molecule has 6 rings (SSSR count). The van der Waals surface area contributed by atoms with Crippen molar-refractivity contribution >= 4 is 12.0 Å². The van der Waals surface area contributed by atoms with Crippen LogP contribution in [0.4, 0.5) is 0 Å². The summed E-state index contributed by atoms with van der Waals surface area (Å²) in [6.45, 7) is 6.40. The lowest BCUT2D eigenvalue weighted by Gasteiger charge is -2.65. The van der Waals surface area contributed by atoms with Gasteiger partial charge in [-0.1, -0.05) is 66.2 Å². The molecule has 3 aromatic rings. The van der Waals surface area contributed by atoms with E-state index in [4.69, 9.17) is 4.74 Å². The number of benzene rings is 3. The third-order valence-corrected chi connectivity index (χ3v) is 10.5. The van der Waals surface area contributed by atoms with E-state index in [9.17, 15) is 15.0 Å².